The minimum atomic E-state index is -0.659. The molecule has 3 heteroatoms. The van der Waals surface area contributed by atoms with E-state index in [0.29, 0.717) is 0 Å². The second-order valence-corrected chi connectivity index (χ2v) is 4.23. The monoisotopic (exact) mass is 180 g/mol. The first-order valence-electron chi connectivity index (χ1n) is 4.49. The van der Waals surface area contributed by atoms with Gasteiger partial charge in [-0.15, -0.1) is 6.42 Å². The molecule has 1 saturated carbocycles. The van der Waals surface area contributed by atoms with Crippen molar-refractivity contribution in [3.63, 3.8) is 0 Å². The van der Waals surface area contributed by atoms with Crippen molar-refractivity contribution >= 4 is 5.91 Å². The number of amides is 1. The van der Waals surface area contributed by atoms with E-state index in [2.05, 4.69) is 11.2 Å². The van der Waals surface area contributed by atoms with Crippen molar-refractivity contribution in [1.82, 2.24) is 5.32 Å². The molecule has 0 aliphatic heterocycles. The summed E-state index contributed by atoms with van der Waals surface area (Å²) in [6.45, 7) is 3.57. The lowest BCUT2D eigenvalue weighted by atomic mass is 9.76. The molecule has 0 radical (unpaired) electrons. The largest absolute Gasteiger partial charge is 0.339 e. The molecule has 0 aromatic rings. The molecule has 0 aromatic heterocycles. The number of carbonyl (C=O) groups excluding carboxylic acids is 1. The van der Waals surface area contributed by atoms with E-state index < -0.39 is 11.1 Å². The summed E-state index contributed by atoms with van der Waals surface area (Å²) in [5.41, 5.74) is 4.57. The van der Waals surface area contributed by atoms with Crippen LogP contribution in [0.2, 0.25) is 0 Å². The number of terminal acetylenes is 1. The molecular formula is C10H16N2O. The summed E-state index contributed by atoms with van der Waals surface area (Å²) in [5.74, 6) is 2.38. The highest BCUT2D eigenvalue weighted by Gasteiger charge is 2.41. The normalized spacial score (nSPS) is 19.8. The maximum atomic E-state index is 11.6. The molecule has 0 heterocycles. The van der Waals surface area contributed by atoms with Gasteiger partial charge < -0.3 is 11.1 Å². The topological polar surface area (TPSA) is 55.1 Å². The zero-order valence-electron chi connectivity index (χ0n) is 8.18. The van der Waals surface area contributed by atoms with E-state index in [1.807, 2.05) is 0 Å². The molecule has 0 saturated heterocycles. The van der Waals surface area contributed by atoms with Crippen molar-refractivity contribution in [3.8, 4) is 12.3 Å². The van der Waals surface area contributed by atoms with Crippen LogP contribution in [0.4, 0.5) is 0 Å². The van der Waals surface area contributed by atoms with Crippen molar-refractivity contribution in [2.24, 2.45) is 5.73 Å². The summed E-state index contributed by atoms with van der Waals surface area (Å²) in [6, 6.07) is 0. The SMILES string of the molecule is C#CC(C)(C)NC(=O)C1(N)CCC1. The lowest BCUT2D eigenvalue weighted by molar-refractivity contribution is -0.130. The zero-order valence-corrected chi connectivity index (χ0v) is 8.18. The second kappa shape index (κ2) is 3.04. The van der Waals surface area contributed by atoms with Crippen molar-refractivity contribution in [1.29, 1.82) is 0 Å². The van der Waals surface area contributed by atoms with Gasteiger partial charge in [-0.3, -0.25) is 4.79 Å². The number of rotatable bonds is 2. The predicted molar refractivity (Wildman–Crippen MR) is 51.8 cm³/mol. The Labute approximate surface area is 79.1 Å². The molecule has 1 amide bonds. The molecule has 72 valence electrons. The summed E-state index contributed by atoms with van der Waals surface area (Å²) in [6.07, 6.45) is 7.81. The van der Waals surface area contributed by atoms with Crippen LogP contribution in [-0.4, -0.2) is 17.0 Å². The van der Waals surface area contributed by atoms with E-state index in [0.717, 1.165) is 19.3 Å². The maximum Gasteiger partial charge on any atom is 0.241 e. The van der Waals surface area contributed by atoms with E-state index in [-0.39, 0.29) is 5.91 Å². The molecule has 0 bridgehead atoms. The highest BCUT2D eigenvalue weighted by Crippen LogP contribution is 2.29. The van der Waals surface area contributed by atoms with Gasteiger partial charge in [-0.1, -0.05) is 5.92 Å². The summed E-state index contributed by atoms with van der Waals surface area (Å²) >= 11 is 0. The van der Waals surface area contributed by atoms with Crippen molar-refractivity contribution in [3.05, 3.63) is 0 Å². The Kier molecular flexibility index (Phi) is 2.36. The van der Waals surface area contributed by atoms with Crippen LogP contribution >= 0.6 is 0 Å². The molecule has 0 aromatic carbocycles. The minimum absolute atomic E-state index is 0.123. The van der Waals surface area contributed by atoms with Crippen molar-refractivity contribution in [2.45, 2.75) is 44.2 Å². The fourth-order valence-electron chi connectivity index (χ4n) is 1.23. The molecule has 13 heavy (non-hydrogen) atoms. The van der Waals surface area contributed by atoms with E-state index in [9.17, 15) is 4.79 Å². The molecule has 3 N–H and O–H groups in total. The Bertz CT molecular complexity index is 259. The molecule has 0 spiro atoms. The van der Waals surface area contributed by atoms with Crippen LogP contribution in [0, 0.1) is 12.3 Å². The van der Waals surface area contributed by atoms with Crippen LogP contribution in [0.15, 0.2) is 0 Å². The van der Waals surface area contributed by atoms with Crippen LogP contribution in [-0.2, 0) is 4.79 Å². The molecule has 0 unspecified atom stereocenters. The van der Waals surface area contributed by atoms with E-state index >= 15 is 0 Å². The van der Waals surface area contributed by atoms with Crippen LogP contribution in [0.1, 0.15) is 33.1 Å². The fraction of sp³-hybridized carbons (Fsp3) is 0.700. The van der Waals surface area contributed by atoms with Gasteiger partial charge >= 0.3 is 0 Å². The van der Waals surface area contributed by atoms with E-state index in [1.165, 1.54) is 0 Å². The van der Waals surface area contributed by atoms with Gasteiger partial charge in [0.05, 0.1) is 11.1 Å². The number of carbonyl (C=O) groups is 1. The van der Waals surface area contributed by atoms with Crippen LogP contribution in [0.3, 0.4) is 0 Å². The summed E-state index contributed by atoms with van der Waals surface area (Å²) < 4.78 is 0. The Balaban J connectivity index is 2.56. The first-order valence-corrected chi connectivity index (χ1v) is 4.49. The Hall–Kier alpha value is -1.01. The molecule has 0 atom stereocenters. The molecular weight excluding hydrogens is 164 g/mol. The third-order valence-electron chi connectivity index (χ3n) is 2.48. The van der Waals surface area contributed by atoms with Crippen molar-refractivity contribution < 1.29 is 4.79 Å². The molecule has 1 fully saturated rings. The van der Waals surface area contributed by atoms with Gasteiger partial charge in [-0.05, 0) is 33.1 Å². The Morgan fingerprint density at radius 3 is 2.46 bits per heavy atom. The standard InChI is InChI=1S/C10H16N2O/c1-4-9(2,3)12-8(13)10(11)6-5-7-10/h1H,5-7,11H2,2-3H3,(H,12,13). The van der Waals surface area contributed by atoms with Gasteiger partial charge in [0.25, 0.3) is 0 Å². The van der Waals surface area contributed by atoms with Crippen LogP contribution < -0.4 is 11.1 Å². The highest BCUT2D eigenvalue weighted by atomic mass is 16.2. The third kappa shape index (κ3) is 2.02. The van der Waals surface area contributed by atoms with E-state index in [1.54, 1.807) is 13.8 Å². The average molecular weight is 180 g/mol. The summed E-state index contributed by atoms with van der Waals surface area (Å²) in [4.78, 5) is 11.6. The van der Waals surface area contributed by atoms with Gasteiger partial charge in [-0.2, -0.15) is 0 Å². The number of hydrogen-bond acceptors (Lipinski definition) is 2. The van der Waals surface area contributed by atoms with Crippen LogP contribution in [0.25, 0.3) is 0 Å². The predicted octanol–water partition coefficient (Wildman–Crippen LogP) is 0.396. The van der Waals surface area contributed by atoms with Crippen molar-refractivity contribution in [2.75, 3.05) is 0 Å². The lowest BCUT2D eigenvalue weighted by Gasteiger charge is -2.38. The minimum Gasteiger partial charge on any atom is -0.339 e. The number of nitrogens with two attached hydrogens (primary N) is 1. The number of nitrogens with one attached hydrogen (secondary N) is 1. The van der Waals surface area contributed by atoms with Crippen LogP contribution in [0.5, 0.6) is 0 Å². The smallest absolute Gasteiger partial charge is 0.241 e. The second-order valence-electron chi connectivity index (χ2n) is 4.23. The third-order valence-corrected chi connectivity index (χ3v) is 2.48. The quantitative estimate of drug-likeness (QED) is 0.604. The molecule has 1 rings (SSSR count). The Morgan fingerprint density at radius 1 is 1.62 bits per heavy atom. The molecule has 1 aliphatic rings. The zero-order chi connectivity index (χ0) is 10.1. The molecule has 3 nitrogen and oxygen atoms in total. The first kappa shape index (κ1) is 10.1. The average Bonchev–Trinajstić information content (AvgIpc) is 1.99. The van der Waals surface area contributed by atoms with Gasteiger partial charge in [0.2, 0.25) is 5.91 Å². The maximum absolute atomic E-state index is 11.6. The van der Waals surface area contributed by atoms with Gasteiger partial charge in [0.15, 0.2) is 0 Å². The summed E-state index contributed by atoms with van der Waals surface area (Å²) in [7, 11) is 0. The van der Waals surface area contributed by atoms with E-state index in [4.69, 9.17) is 12.2 Å². The summed E-state index contributed by atoms with van der Waals surface area (Å²) in [5, 5.41) is 2.75. The molecule has 1 aliphatic carbocycles. The first-order chi connectivity index (χ1) is 5.90. The fourth-order valence-corrected chi connectivity index (χ4v) is 1.23. The lowest BCUT2D eigenvalue weighted by Crippen LogP contribution is -2.61. The van der Waals surface area contributed by atoms with Gasteiger partial charge in [-0.25, -0.2) is 0 Å². The van der Waals surface area contributed by atoms with Gasteiger partial charge in [0.1, 0.15) is 0 Å². The van der Waals surface area contributed by atoms with Gasteiger partial charge in [0, 0.05) is 0 Å². The Morgan fingerprint density at radius 2 is 2.15 bits per heavy atom. The highest BCUT2D eigenvalue weighted by molar-refractivity contribution is 5.87. The number of hydrogen-bond donors (Lipinski definition) is 2.